The molecule has 0 aliphatic heterocycles. The Morgan fingerprint density at radius 3 is 2.57 bits per heavy atom. The largest absolute Gasteiger partial charge is 0.289 e. The molecule has 1 heterocycles. The fraction of sp³-hybridized carbons (Fsp3) is 0.0625. The van der Waals surface area contributed by atoms with Crippen LogP contribution in [0.15, 0.2) is 59.3 Å². The van der Waals surface area contributed by atoms with Crippen molar-refractivity contribution in [2.45, 2.75) is 6.92 Å². The molecule has 0 fully saturated rings. The zero-order chi connectivity index (χ0) is 14.8. The predicted molar refractivity (Wildman–Crippen MR) is 83.7 cm³/mol. The molecule has 0 radical (unpaired) electrons. The number of carbonyl (C=O) groups is 1. The van der Waals surface area contributed by atoms with Gasteiger partial charge < -0.3 is 0 Å². The van der Waals surface area contributed by atoms with E-state index in [0.29, 0.717) is 11.1 Å². The van der Waals surface area contributed by atoms with Crippen molar-refractivity contribution in [1.29, 1.82) is 0 Å². The van der Waals surface area contributed by atoms with Crippen LogP contribution in [-0.4, -0.2) is 20.5 Å². The number of aromatic nitrogens is 3. The summed E-state index contributed by atoms with van der Waals surface area (Å²) in [6, 6.07) is 14.8. The van der Waals surface area contributed by atoms with Gasteiger partial charge in [0.25, 0.3) is 0 Å². The Bertz CT molecular complexity index is 796. The maximum Gasteiger partial charge on any atom is 0.195 e. The summed E-state index contributed by atoms with van der Waals surface area (Å²) in [4.78, 5) is 12.8. The van der Waals surface area contributed by atoms with E-state index in [9.17, 15) is 4.79 Å². The van der Waals surface area contributed by atoms with Crippen molar-refractivity contribution < 1.29 is 4.79 Å². The van der Waals surface area contributed by atoms with Gasteiger partial charge in [0.05, 0.1) is 5.69 Å². The number of hydrogen-bond donors (Lipinski definition) is 0. The van der Waals surface area contributed by atoms with Crippen LogP contribution >= 0.6 is 15.9 Å². The van der Waals surface area contributed by atoms with Crippen molar-refractivity contribution in [2.75, 3.05) is 0 Å². The molecule has 1 aromatic heterocycles. The van der Waals surface area contributed by atoms with E-state index in [1.165, 1.54) is 0 Å². The highest BCUT2D eigenvalue weighted by molar-refractivity contribution is 9.10. The van der Waals surface area contributed by atoms with E-state index in [-0.39, 0.29) is 5.78 Å². The molecule has 0 saturated carbocycles. The topological polar surface area (TPSA) is 47.8 Å². The number of halogens is 1. The lowest BCUT2D eigenvalue weighted by atomic mass is 10.0. The molecule has 5 heteroatoms. The van der Waals surface area contributed by atoms with Gasteiger partial charge in [0.1, 0.15) is 12.2 Å². The highest BCUT2D eigenvalue weighted by atomic mass is 79.9. The molecule has 0 unspecified atom stereocenters. The Kier molecular flexibility index (Phi) is 3.66. The molecule has 3 rings (SSSR count). The highest BCUT2D eigenvalue weighted by Gasteiger charge is 2.16. The minimum Gasteiger partial charge on any atom is -0.289 e. The number of nitrogens with zero attached hydrogens (tertiary/aromatic N) is 3. The zero-order valence-corrected chi connectivity index (χ0v) is 12.9. The summed E-state index contributed by atoms with van der Waals surface area (Å²) in [5.74, 6) is 0.708. The van der Waals surface area contributed by atoms with Gasteiger partial charge in [-0.2, -0.15) is 0 Å². The first-order valence-electron chi connectivity index (χ1n) is 6.43. The fourth-order valence-corrected chi connectivity index (χ4v) is 2.54. The third kappa shape index (κ3) is 2.64. The minimum atomic E-state index is -0.0278. The quantitative estimate of drug-likeness (QED) is 0.684. The normalized spacial score (nSPS) is 10.6. The Morgan fingerprint density at radius 1 is 1.14 bits per heavy atom. The van der Waals surface area contributed by atoms with Crippen LogP contribution in [0.25, 0.3) is 5.69 Å². The monoisotopic (exact) mass is 341 g/mol. The molecule has 2 aromatic carbocycles. The zero-order valence-electron chi connectivity index (χ0n) is 11.3. The average molecular weight is 342 g/mol. The van der Waals surface area contributed by atoms with Crippen LogP contribution in [-0.2, 0) is 0 Å². The third-order valence-corrected chi connectivity index (χ3v) is 3.71. The number of aryl methyl sites for hydroxylation is 1. The molecule has 0 bridgehead atoms. The first-order valence-corrected chi connectivity index (χ1v) is 7.22. The van der Waals surface area contributed by atoms with Gasteiger partial charge >= 0.3 is 0 Å². The van der Waals surface area contributed by atoms with E-state index >= 15 is 0 Å². The van der Waals surface area contributed by atoms with Gasteiger partial charge in [-0.15, -0.1) is 10.2 Å². The number of ketones is 1. The van der Waals surface area contributed by atoms with E-state index in [1.54, 1.807) is 6.33 Å². The number of hydrogen-bond acceptors (Lipinski definition) is 3. The standard InChI is InChI=1S/C16H12BrN3O/c1-11-19-18-10-20(11)15-8-7-13(17)9-14(15)16(21)12-5-3-2-4-6-12/h2-10H,1H3. The third-order valence-electron chi connectivity index (χ3n) is 3.22. The van der Waals surface area contributed by atoms with Crippen LogP contribution in [0, 0.1) is 6.92 Å². The molecular formula is C16H12BrN3O. The summed E-state index contributed by atoms with van der Waals surface area (Å²) < 4.78 is 2.67. The highest BCUT2D eigenvalue weighted by Crippen LogP contribution is 2.23. The van der Waals surface area contributed by atoms with Gasteiger partial charge in [-0.25, -0.2) is 0 Å². The second-order valence-corrected chi connectivity index (χ2v) is 5.52. The summed E-state index contributed by atoms with van der Waals surface area (Å²) in [7, 11) is 0. The Hall–Kier alpha value is -2.27. The van der Waals surface area contributed by atoms with Crippen LogP contribution < -0.4 is 0 Å². The van der Waals surface area contributed by atoms with Gasteiger partial charge in [0.15, 0.2) is 5.78 Å². The first-order chi connectivity index (χ1) is 10.2. The van der Waals surface area contributed by atoms with Crippen LogP contribution in [0.5, 0.6) is 0 Å². The van der Waals surface area contributed by atoms with Crippen molar-refractivity contribution in [3.05, 3.63) is 76.3 Å². The molecule has 0 spiro atoms. The first kappa shape index (κ1) is 13.7. The number of benzene rings is 2. The molecule has 0 saturated heterocycles. The molecule has 4 nitrogen and oxygen atoms in total. The summed E-state index contributed by atoms with van der Waals surface area (Å²) in [5, 5.41) is 7.86. The summed E-state index contributed by atoms with van der Waals surface area (Å²) in [6.07, 6.45) is 1.61. The van der Waals surface area contributed by atoms with Crippen LogP contribution in [0.1, 0.15) is 21.7 Å². The maximum atomic E-state index is 12.8. The Morgan fingerprint density at radius 2 is 1.90 bits per heavy atom. The van der Waals surface area contributed by atoms with Gasteiger partial charge in [-0.3, -0.25) is 9.36 Å². The van der Waals surface area contributed by atoms with Gasteiger partial charge in [0, 0.05) is 15.6 Å². The second kappa shape index (κ2) is 5.61. The molecule has 104 valence electrons. The molecule has 0 N–H and O–H groups in total. The van der Waals surface area contributed by atoms with Crippen molar-refractivity contribution in [3.8, 4) is 5.69 Å². The van der Waals surface area contributed by atoms with E-state index in [2.05, 4.69) is 26.1 Å². The van der Waals surface area contributed by atoms with Crippen molar-refractivity contribution >= 4 is 21.7 Å². The van der Waals surface area contributed by atoms with Crippen LogP contribution in [0.2, 0.25) is 0 Å². The molecule has 0 aliphatic carbocycles. The average Bonchev–Trinajstić information content (AvgIpc) is 2.93. The number of carbonyl (C=O) groups excluding carboxylic acids is 1. The number of rotatable bonds is 3. The predicted octanol–water partition coefficient (Wildman–Crippen LogP) is 3.57. The van der Waals surface area contributed by atoms with Gasteiger partial charge in [-0.1, -0.05) is 46.3 Å². The van der Waals surface area contributed by atoms with E-state index < -0.39 is 0 Å². The van der Waals surface area contributed by atoms with Gasteiger partial charge in [0.2, 0.25) is 0 Å². The SMILES string of the molecule is Cc1nncn1-c1ccc(Br)cc1C(=O)c1ccccc1. The lowest BCUT2D eigenvalue weighted by molar-refractivity contribution is 0.103. The molecule has 21 heavy (non-hydrogen) atoms. The summed E-state index contributed by atoms with van der Waals surface area (Å²) in [5.41, 5.74) is 2.04. The summed E-state index contributed by atoms with van der Waals surface area (Å²) >= 11 is 3.43. The fourth-order valence-electron chi connectivity index (χ4n) is 2.17. The van der Waals surface area contributed by atoms with E-state index in [1.807, 2.05) is 60.0 Å². The van der Waals surface area contributed by atoms with Crippen molar-refractivity contribution in [2.24, 2.45) is 0 Å². The van der Waals surface area contributed by atoms with Gasteiger partial charge in [-0.05, 0) is 25.1 Å². The van der Waals surface area contributed by atoms with E-state index in [4.69, 9.17) is 0 Å². The maximum absolute atomic E-state index is 12.8. The lowest BCUT2D eigenvalue weighted by Crippen LogP contribution is -2.08. The molecule has 0 atom stereocenters. The van der Waals surface area contributed by atoms with Crippen molar-refractivity contribution in [3.63, 3.8) is 0 Å². The minimum absolute atomic E-state index is 0.0278. The smallest absolute Gasteiger partial charge is 0.195 e. The lowest BCUT2D eigenvalue weighted by Gasteiger charge is -2.11. The molecule has 0 aliphatic rings. The van der Waals surface area contributed by atoms with Crippen LogP contribution in [0.4, 0.5) is 0 Å². The Labute approximate surface area is 130 Å². The van der Waals surface area contributed by atoms with E-state index in [0.717, 1.165) is 16.0 Å². The summed E-state index contributed by atoms with van der Waals surface area (Å²) in [6.45, 7) is 1.85. The second-order valence-electron chi connectivity index (χ2n) is 4.60. The molecule has 0 amide bonds. The van der Waals surface area contributed by atoms with Crippen molar-refractivity contribution in [1.82, 2.24) is 14.8 Å². The molecular weight excluding hydrogens is 330 g/mol. The Balaban J connectivity index is 2.16. The molecule has 3 aromatic rings. The van der Waals surface area contributed by atoms with Crippen LogP contribution in [0.3, 0.4) is 0 Å².